The summed E-state index contributed by atoms with van der Waals surface area (Å²) in [5.41, 5.74) is 0. The monoisotopic (exact) mass is 153 g/mol. The highest BCUT2D eigenvalue weighted by Crippen LogP contribution is 2.36. The fraction of sp³-hybridized carbons (Fsp3) is 0.889. The molecule has 3 unspecified atom stereocenters. The van der Waals surface area contributed by atoms with E-state index in [4.69, 9.17) is 0 Å². The molecule has 0 aromatic carbocycles. The molecule has 2 heteroatoms. The van der Waals surface area contributed by atoms with Crippen LogP contribution >= 0.6 is 0 Å². The maximum Gasteiger partial charge on any atom is 0.223 e. The van der Waals surface area contributed by atoms with Gasteiger partial charge in [0.1, 0.15) is 0 Å². The van der Waals surface area contributed by atoms with Crippen LogP contribution in [0.4, 0.5) is 0 Å². The molecule has 1 N–H and O–H groups in total. The van der Waals surface area contributed by atoms with Gasteiger partial charge in [0.05, 0.1) is 0 Å². The Kier molecular flexibility index (Phi) is 1.63. The topological polar surface area (TPSA) is 29.1 Å². The van der Waals surface area contributed by atoms with Gasteiger partial charge in [0.25, 0.3) is 0 Å². The molecule has 0 bridgehead atoms. The predicted octanol–water partition coefficient (Wildman–Crippen LogP) is 1.31. The van der Waals surface area contributed by atoms with Gasteiger partial charge in [-0.25, -0.2) is 0 Å². The van der Waals surface area contributed by atoms with Gasteiger partial charge in [-0.1, -0.05) is 12.8 Å². The number of hydrogen-bond donors (Lipinski definition) is 1. The lowest BCUT2D eigenvalue weighted by atomic mass is 9.79. The lowest BCUT2D eigenvalue weighted by molar-refractivity contribution is -0.123. The summed E-state index contributed by atoms with van der Waals surface area (Å²) in [5, 5.41) is 3.02. The van der Waals surface area contributed by atoms with Crippen LogP contribution in [-0.4, -0.2) is 11.9 Å². The van der Waals surface area contributed by atoms with Crippen LogP contribution in [0.5, 0.6) is 0 Å². The molecule has 2 aliphatic rings. The summed E-state index contributed by atoms with van der Waals surface area (Å²) in [5.74, 6) is 1.32. The SMILES string of the molecule is CC1NC(=O)C2CCCCC12. The molecule has 0 aromatic heterocycles. The Morgan fingerprint density at radius 3 is 2.82 bits per heavy atom. The molecule has 1 saturated carbocycles. The summed E-state index contributed by atoms with van der Waals surface area (Å²) in [6.45, 7) is 2.13. The average Bonchev–Trinajstić information content (AvgIpc) is 2.30. The van der Waals surface area contributed by atoms with Gasteiger partial charge in [-0.05, 0) is 25.7 Å². The van der Waals surface area contributed by atoms with Crippen molar-refractivity contribution in [3.8, 4) is 0 Å². The highest BCUT2D eigenvalue weighted by molar-refractivity contribution is 5.81. The summed E-state index contributed by atoms with van der Waals surface area (Å²) >= 11 is 0. The number of carbonyl (C=O) groups excluding carboxylic acids is 1. The zero-order chi connectivity index (χ0) is 7.84. The van der Waals surface area contributed by atoms with Crippen LogP contribution in [0.15, 0.2) is 0 Å². The number of amides is 1. The summed E-state index contributed by atoms with van der Waals surface area (Å²) < 4.78 is 0. The first-order valence-electron chi connectivity index (χ1n) is 4.59. The Morgan fingerprint density at radius 1 is 1.36 bits per heavy atom. The van der Waals surface area contributed by atoms with Crippen molar-refractivity contribution in [2.45, 2.75) is 38.6 Å². The molecule has 3 atom stereocenters. The Morgan fingerprint density at radius 2 is 2.09 bits per heavy atom. The molecule has 1 amide bonds. The van der Waals surface area contributed by atoms with Gasteiger partial charge in [0.2, 0.25) is 5.91 Å². The van der Waals surface area contributed by atoms with Crippen LogP contribution in [-0.2, 0) is 4.79 Å². The highest BCUT2D eigenvalue weighted by atomic mass is 16.2. The molecule has 1 aliphatic carbocycles. The summed E-state index contributed by atoms with van der Waals surface area (Å²) in [6, 6.07) is 0.438. The molecule has 0 aromatic rings. The zero-order valence-corrected chi connectivity index (χ0v) is 6.97. The first-order valence-corrected chi connectivity index (χ1v) is 4.59. The highest BCUT2D eigenvalue weighted by Gasteiger charge is 2.40. The summed E-state index contributed by atoms with van der Waals surface area (Å²) in [6.07, 6.45) is 4.95. The molecule has 0 radical (unpaired) electrons. The van der Waals surface area contributed by atoms with Crippen molar-refractivity contribution in [2.24, 2.45) is 11.8 Å². The second-order valence-electron chi connectivity index (χ2n) is 3.85. The maximum absolute atomic E-state index is 11.3. The molecular formula is C9H15NO. The lowest BCUT2D eigenvalue weighted by Crippen LogP contribution is -2.25. The molecule has 0 spiro atoms. The van der Waals surface area contributed by atoms with Crippen molar-refractivity contribution in [3.05, 3.63) is 0 Å². The van der Waals surface area contributed by atoms with Crippen LogP contribution in [0.3, 0.4) is 0 Å². The normalized spacial score (nSPS) is 43.4. The average molecular weight is 153 g/mol. The Bertz CT molecular complexity index is 178. The van der Waals surface area contributed by atoms with Gasteiger partial charge >= 0.3 is 0 Å². The minimum atomic E-state index is 0.308. The van der Waals surface area contributed by atoms with Gasteiger partial charge < -0.3 is 5.32 Å². The van der Waals surface area contributed by atoms with Gasteiger partial charge in [0.15, 0.2) is 0 Å². The van der Waals surface area contributed by atoms with E-state index in [1.807, 2.05) is 0 Å². The molecule has 1 aliphatic heterocycles. The summed E-state index contributed by atoms with van der Waals surface area (Å²) in [7, 11) is 0. The van der Waals surface area contributed by atoms with Crippen molar-refractivity contribution in [2.75, 3.05) is 0 Å². The fourth-order valence-electron chi connectivity index (χ4n) is 2.52. The van der Waals surface area contributed by atoms with Crippen molar-refractivity contribution in [1.82, 2.24) is 5.32 Å². The second-order valence-corrected chi connectivity index (χ2v) is 3.85. The standard InChI is InChI=1S/C9H15NO/c1-6-7-4-2-3-5-8(7)9(11)10-6/h6-8H,2-5H2,1H3,(H,10,11). The first-order chi connectivity index (χ1) is 5.29. The zero-order valence-electron chi connectivity index (χ0n) is 6.97. The molecule has 2 rings (SSSR count). The number of carbonyl (C=O) groups is 1. The Labute approximate surface area is 67.4 Å². The molecule has 1 heterocycles. The van der Waals surface area contributed by atoms with E-state index in [9.17, 15) is 4.79 Å². The van der Waals surface area contributed by atoms with E-state index in [0.717, 1.165) is 6.42 Å². The number of nitrogens with one attached hydrogen (secondary N) is 1. The third-order valence-corrected chi connectivity index (χ3v) is 3.17. The predicted molar refractivity (Wildman–Crippen MR) is 43.1 cm³/mol. The van der Waals surface area contributed by atoms with E-state index >= 15 is 0 Å². The number of fused-ring (bicyclic) bond motifs is 1. The van der Waals surface area contributed by atoms with Crippen molar-refractivity contribution >= 4 is 5.91 Å². The van der Waals surface area contributed by atoms with Crippen LogP contribution < -0.4 is 5.32 Å². The Balaban J connectivity index is 2.13. The molecule has 11 heavy (non-hydrogen) atoms. The first kappa shape index (κ1) is 7.14. The maximum atomic E-state index is 11.3. The molecule has 2 fully saturated rings. The third-order valence-electron chi connectivity index (χ3n) is 3.17. The van der Waals surface area contributed by atoms with E-state index in [0.29, 0.717) is 23.8 Å². The molecule has 2 nitrogen and oxygen atoms in total. The Hall–Kier alpha value is -0.530. The van der Waals surface area contributed by atoms with Crippen LogP contribution in [0, 0.1) is 11.8 Å². The largest absolute Gasteiger partial charge is 0.353 e. The van der Waals surface area contributed by atoms with Gasteiger partial charge in [-0.15, -0.1) is 0 Å². The van der Waals surface area contributed by atoms with Crippen molar-refractivity contribution in [3.63, 3.8) is 0 Å². The van der Waals surface area contributed by atoms with Gasteiger partial charge in [-0.3, -0.25) is 4.79 Å². The molecule has 1 saturated heterocycles. The minimum Gasteiger partial charge on any atom is -0.353 e. The van der Waals surface area contributed by atoms with Crippen LogP contribution in [0.1, 0.15) is 32.6 Å². The van der Waals surface area contributed by atoms with Crippen molar-refractivity contribution < 1.29 is 4.79 Å². The van der Waals surface area contributed by atoms with E-state index in [1.54, 1.807) is 0 Å². The van der Waals surface area contributed by atoms with Crippen molar-refractivity contribution in [1.29, 1.82) is 0 Å². The molecular weight excluding hydrogens is 138 g/mol. The quantitative estimate of drug-likeness (QED) is 0.558. The fourth-order valence-corrected chi connectivity index (χ4v) is 2.52. The van der Waals surface area contributed by atoms with Gasteiger partial charge in [-0.2, -0.15) is 0 Å². The van der Waals surface area contributed by atoms with E-state index in [1.165, 1.54) is 19.3 Å². The van der Waals surface area contributed by atoms with Gasteiger partial charge in [0, 0.05) is 12.0 Å². The second kappa shape index (κ2) is 2.50. The number of hydrogen-bond acceptors (Lipinski definition) is 1. The summed E-state index contributed by atoms with van der Waals surface area (Å²) in [4.78, 5) is 11.3. The van der Waals surface area contributed by atoms with E-state index < -0.39 is 0 Å². The lowest BCUT2D eigenvalue weighted by Gasteiger charge is -2.24. The minimum absolute atomic E-state index is 0.308. The van der Waals surface area contributed by atoms with E-state index in [2.05, 4.69) is 12.2 Å². The number of rotatable bonds is 0. The van der Waals surface area contributed by atoms with E-state index in [-0.39, 0.29) is 0 Å². The smallest absolute Gasteiger partial charge is 0.223 e. The molecule has 62 valence electrons. The van der Waals surface area contributed by atoms with Crippen LogP contribution in [0.2, 0.25) is 0 Å². The third kappa shape index (κ3) is 1.05. The van der Waals surface area contributed by atoms with Crippen LogP contribution in [0.25, 0.3) is 0 Å².